The molecule has 0 amide bonds. The minimum Gasteiger partial charge on any atom is -0.462 e. The van der Waals surface area contributed by atoms with Crippen LogP contribution in [0, 0.1) is 5.41 Å². The van der Waals surface area contributed by atoms with Gasteiger partial charge < -0.3 is 14.0 Å². The highest BCUT2D eigenvalue weighted by atomic mass is 35.5. The summed E-state index contributed by atoms with van der Waals surface area (Å²) in [5, 5.41) is 0.706. The summed E-state index contributed by atoms with van der Waals surface area (Å²) in [4.78, 5) is 12.5. The lowest BCUT2D eigenvalue weighted by Crippen LogP contribution is -2.41. The van der Waals surface area contributed by atoms with Gasteiger partial charge in [-0.1, -0.05) is 55.6 Å². The first-order valence-electron chi connectivity index (χ1n) is 9.80. The highest BCUT2D eigenvalue weighted by Gasteiger charge is 2.53. The van der Waals surface area contributed by atoms with E-state index in [0.717, 1.165) is 6.42 Å². The highest BCUT2D eigenvalue weighted by molar-refractivity contribution is 6.47. The fourth-order valence-corrected chi connectivity index (χ4v) is 4.29. The van der Waals surface area contributed by atoms with Crippen molar-refractivity contribution in [1.82, 2.24) is 0 Å². The van der Waals surface area contributed by atoms with Crippen LogP contribution in [-0.4, -0.2) is 30.9 Å². The Hall–Kier alpha value is -0.455. The Morgan fingerprint density at radius 1 is 1.07 bits per heavy atom. The van der Waals surface area contributed by atoms with Crippen LogP contribution in [0.5, 0.6) is 0 Å². The summed E-state index contributed by atoms with van der Waals surface area (Å²) < 4.78 is 18.0. The topological polar surface area (TPSA) is 44.8 Å². The van der Waals surface area contributed by atoms with E-state index in [-0.39, 0.29) is 40.6 Å². The number of rotatable bonds is 6. The van der Waals surface area contributed by atoms with Crippen LogP contribution in [0.2, 0.25) is 20.9 Å². The third-order valence-electron chi connectivity index (χ3n) is 5.46. The van der Waals surface area contributed by atoms with Crippen molar-refractivity contribution in [3.8, 4) is 0 Å². The number of hydrogen-bond acceptors (Lipinski definition) is 4. The molecule has 1 heterocycles. The van der Waals surface area contributed by atoms with E-state index in [9.17, 15) is 4.79 Å². The molecule has 162 valence electrons. The Morgan fingerprint density at radius 2 is 1.55 bits per heavy atom. The second-order valence-electron chi connectivity index (χ2n) is 9.82. The molecule has 4 nitrogen and oxygen atoms in total. The van der Waals surface area contributed by atoms with Gasteiger partial charge in [-0.25, -0.2) is 4.79 Å². The molecule has 1 fully saturated rings. The molecule has 1 aliphatic rings. The first-order valence-corrected chi connectivity index (χ1v) is 10.9. The van der Waals surface area contributed by atoms with E-state index < -0.39 is 17.2 Å². The SMILES string of the molecule is CC(C)(C)C[C@H](CCOC(=O)c1c(Cl)cc(Cl)cc1Cl)B1OC(C)(C)C(C)(C)O1. The molecule has 0 aromatic heterocycles. The van der Waals surface area contributed by atoms with Crippen LogP contribution in [0.25, 0.3) is 0 Å². The Balaban J connectivity index is 2.07. The van der Waals surface area contributed by atoms with Gasteiger partial charge in [0.15, 0.2) is 0 Å². The van der Waals surface area contributed by atoms with Gasteiger partial charge in [0.1, 0.15) is 0 Å². The van der Waals surface area contributed by atoms with E-state index in [2.05, 4.69) is 20.8 Å². The van der Waals surface area contributed by atoms with E-state index in [4.69, 9.17) is 48.8 Å². The fourth-order valence-electron chi connectivity index (χ4n) is 3.31. The first-order chi connectivity index (χ1) is 13.1. The second-order valence-corrected chi connectivity index (χ2v) is 11.1. The van der Waals surface area contributed by atoms with Crippen LogP contribution in [0.1, 0.15) is 71.7 Å². The number of benzene rings is 1. The van der Waals surface area contributed by atoms with Gasteiger partial charge in [-0.2, -0.15) is 0 Å². The Kier molecular flexibility index (Phi) is 7.66. The summed E-state index contributed by atoms with van der Waals surface area (Å²) in [7, 11) is -0.361. The van der Waals surface area contributed by atoms with Crippen LogP contribution >= 0.6 is 34.8 Å². The molecule has 0 bridgehead atoms. The first kappa shape index (κ1) is 24.8. The molecule has 1 saturated heterocycles. The molecule has 0 saturated carbocycles. The van der Waals surface area contributed by atoms with Crippen molar-refractivity contribution in [2.45, 2.75) is 78.3 Å². The Morgan fingerprint density at radius 3 is 2.00 bits per heavy atom. The lowest BCUT2D eigenvalue weighted by Gasteiger charge is -2.32. The monoisotopic (exact) mass is 462 g/mol. The quantitative estimate of drug-likeness (QED) is 0.334. The van der Waals surface area contributed by atoms with E-state index in [0.29, 0.717) is 11.4 Å². The standard InChI is InChI=1S/C21H30BCl3O4/c1-19(2,3)12-13(22-28-20(4,5)21(6,7)29-22)8-9-27-18(26)17-15(24)10-14(23)11-16(17)25/h10-11,13H,8-9,12H2,1-7H3/t13-/m0/s1. The summed E-state index contributed by atoms with van der Waals surface area (Å²) in [5.74, 6) is -0.500. The van der Waals surface area contributed by atoms with E-state index in [1.807, 2.05) is 27.7 Å². The normalized spacial score (nSPS) is 19.3. The number of carbonyl (C=O) groups is 1. The Bertz CT molecular complexity index is 720. The zero-order valence-corrected chi connectivity index (χ0v) is 20.5. The smallest absolute Gasteiger partial charge is 0.461 e. The van der Waals surface area contributed by atoms with Crippen LogP contribution in [-0.2, 0) is 14.0 Å². The summed E-state index contributed by atoms with van der Waals surface area (Å²) in [6.45, 7) is 14.9. The van der Waals surface area contributed by atoms with Crippen molar-refractivity contribution in [2.75, 3.05) is 6.61 Å². The number of carbonyl (C=O) groups excluding carboxylic acids is 1. The average Bonchev–Trinajstić information content (AvgIpc) is 2.72. The van der Waals surface area contributed by atoms with Crippen molar-refractivity contribution in [3.05, 3.63) is 32.8 Å². The van der Waals surface area contributed by atoms with Crippen LogP contribution in [0.3, 0.4) is 0 Å². The van der Waals surface area contributed by atoms with Gasteiger partial charge in [0.05, 0.1) is 33.4 Å². The lowest BCUT2D eigenvalue weighted by atomic mass is 9.63. The van der Waals surface area contributed by atoms with Gasteiger partial charge in [0.2, 0.25) is 0 Å². The van der Waals surface area contributed by atoms with Gasteiger partial charge in [0.25, 0.3) is 0 Å². The molecular formula is C21H30BCl3O4. The maximum absolute atomic E-state index is 12.5. The largest absolute Gasteiger partial charge is 0.462 e. The van der Waals surface area contributed by atoms with Gasteiger partial charge in [-0.15, -0.1) is 0 Å². The van der Waals surface area contributed by atoms with Gasteiger partial charge >= 0.3 is 13.1 Å². The summed E-state index contributed by atoms with van der Waals surface area (Å²) in [6.07, 6.45) is 1.46. The zero-order chi connectivity index (χ0) is 22.2. The third kappa shape index (κ3) is 6.27. The van der Waals surface area contributed by atoms with Crippen molar-refractivity contribution in [1.29, 1.82) is 0 Å². The average molecular weight is 464 g/mol. The van der Waals surface area contributed by atoms with Gasteiger partial charge in [-0.05, 0) is 63.9 Å². The molecule has 0 aliphatic carbocycles. The van der Waals surface area contributed by atoms with E-state index in [1.165, 1.54) is 12.1 Å². The van der Waals surface area contributed by atoms with E-state index >= 15 is 0 Å². The molecule has 1 aliphatic heterocycles. The predicted octanol–water partition coefficient (Wildman–Crippen LogP) is 7.09. The third-order valence-corrected chi connectivity index (χ3v) is 6.28. The number of ether oxygens (including phenoxy) is 1. The molecule has 29 heavy (non-hydrogen) atoms. The molecule has 8 heteroatoms. The highest BCUT2D eigenvalue weighted by Crippen LogP contribution is 2.44. The lowest BCUT2D eigenvalue weighted by molar-refractivity contribution is 0.00578. The molecule has 1 aromatic rings. The summed E-state index contributed by atoms with van der Waals surface area (Å²) >= 11 is 18.1. The second kappa shape index (κ2) is 8.96. The molecule has 0 unspecified atom stereocenters. The minimum absolute atomic E-state index is 0.0695. The van der Waals surface area contributed by atoms with Crippen LogP contribution < -0.4 is 0 Å². The molecule has 1 atom stereocenters. The van der Waals surface area contributed by atoms with Gasteiger partial charge in [-0.3, -0.25) is 0 Å². The number of esters is 1. The van der Waals surface area contributed by atoms with Crippen LogP contribution in [0.4, 0.5) is 0 Å². The van der Waals surface area contributed by atoms with Crippen molar-refractivity contribution >= 4 is 47.9 Å². The maximum Gasteiger partial charge on any atom is 0.461 e. The Labute approximate surface area is 189 Å². The molecule has 0 N–H and O–H groups in total. The molecular weight excluding hydrogens is 433 g/mol. The molecule has 0 radical (unpaired) electrons. The molecule has 0 spiro atoms. The number of hydrogen-bond donors (Lipinski definition) is 0. The minimum atomic E-state index is -0.569. The van der Waals surface area contributed by atoms with Gasteiger partial charge in [0, 0.05) is 5.02 Å². The zero-order valence-electron chi connectivity index (χ0n) is 18.2. The number of halogens is 3. The summed E-state index contributed by atoms with van der Waals surface area (Å²) in [5.41, 5.74) is -0.620. The molecule has 2 rings (SSSR count). The van der Waals surface area contributed by atoms with Crippen LogP contribution in [0.15, 0.2) is 12.1 Å². The van der Waals surface area contributed by atoms with E-state index in [1.54, 1.807) is 0 Å². The van der Waals surface area contributed by atoms with Crippen molar-refractivity contribution in [3.63, 3.8) is 0 Å². The maximum atomic E-state index is 12.5. The van der Waals surface area contributed by atoms with Crippen molar-refractivity contribution in [2.24, 2.45) is 5.41 Å². The fraction of sp³-hybridized carbons (Fsp3) is 0.667. The van der Waals surface area contributed by atoms with Crippen molar-refractivity contribution < 1.29 is 18.8 Å². The predicted molar refractivity (Wildman–Crippen MR) is 120 cm³/mol. The summed E-state index contributed by atoms with van der Waals surface area (Å²) in [6, 6.07) is 2.94. The molecule has 1 aromatic carbocycles.